The summed E-state index contributed by atoms with van der Waals surface area (Å²) < 4.78 is 20.5. The minimum Gasteiger partial charge on any atom is -0.497 e. The summed E-state index contributed by atoms with van der Waals surface area (Å²) in [6.45, 7) is 6.68. The zero-order valence-electron chi connectivity index (χ0n) is 26.6. The van der Waals surface area contributed by atoms with E-state index in [9.17, 15) is 4.79 Å². The second-order valence-corrected chi connectivity index (χ2v) is 12.5. The van der Waals surface area contributed by atoms with Gasteiger partial charge in [0.1, 0.15) is 29.6 Å². The Morgan fingerprint density at radius 1 is 1.02 bits per heavy atom. The zero-order valence-corrected chi connectivity index (χ0v) is 26.6. The van der Waals surface area contributed by atoms with Crippen LogP contribution >= 0.6 is 0 Å². The number of rotatable bonds is 13. The maximum absolute atomic E-state index is 12.4. The molecule has 0 spiro atoms. The molecule has 1 aliphatic carbocycles. The normalized spacial score (nSPS) is 22.0. The molecule has 238 valence electrons. The van der Waals surface area contributed by atoms with Crippen molar-refractivity contribution in [2.24, 2.45) is 5.92 Å². The molecule has 2 aliphatic rings. The number of nitrogens with one attached hydrogen (secondary N) is 2. The first-order chi connectivity index (χ1) is 21.8. The molecule has 0 unspecified atom stereocenters. The van der Waals surface area contributed by atoms with Crippen molar-refractivity contribution in [3.8, 4) is 5.75 Å². The van der Waals surface area contributed by atoms with Crippen LogP contribution in [0.5, 0.6) is 5.75 Å². The second kappa shape index (κ2) is 13.6. The smallest absolute Gasteiger partial charge is 0.221 e. The maximum atomic E-state index is 12.4. The predicted octanol–water partition coefficient (Wildman–Crippen LogP) is 4.50. The highest BCUT2D eigenvalue weighted by atomic mass is 16.8. The van der Waals surface area contributed by atoms with E-state index in [1.165, 1.54) is 11.1 Å². The van der Waals surface area contributed by atoms with Crippen LogP contribution in [0.3, 0.4) is 0 Å². The first-order valence-corrected chi connectivity index (χ1v) is 15.8. The van der Waals surface area contributed by atoms with Crippen molar-refractivity contribution in [3.63, 3.8) is 0 Å². The van der Waals surface area contributed by atoms with Gasteiger partial charge in [0, 0.05) is 51.8 Å². The number of carbonyl (C=O) groups is 1. The average Bonchev–Trinajstić information content (AvgIpc) is 3.70. The number of ether oxygens (including phenoxy) is 3. The third-order valence-electron chi connectivity index (χ3n) is 8.85. The number of anilines is 1. The number of fused-ring (bicyclic) bond motifs is 2. The minimum absolute atomic E-state index is 0.0475. The summed E-state index contributed by atoms with van der Waals surface area (Å²) in [5, 5.41) is 7.55. The second-order valence-electron chi connectivity index (χ2n) is 12.5. The van der Waals surface area contributed by atoms with Crippen LogP contribution in [0.2, 0.25) is 0 Å². The van der Waals surface area contributed by atoms with Gasteiger partial charge in [0.25, 0.3) is 0 Å². The summed E-state index contributed by atoms with van der Waals surface area (Å²) in [6, 6.07) is 20.5. The van der Waals surface area contributed by atoms with Gasteiger partial charge in [-0.1, -0.05) is 42.5 Å². The van der Waals surface area contributed by atoms with Crippen molar-refractivity contribution in [2.45, 2.75) is 63.7 Å². The molecule has 0 radical (unpaired) electrons. The monoisotopic (exact) mass is 612 g/mol. The van der Waals surface area contributed by atoms with E-state index < -0.39 is 5.79 Å². The molecule has 1 saturated carbocycles. The summed E-state index contributed by atoms with van der Waals surface area (Å²) >= 11 is 0. The number of amides is 1. The standard InChI is InChI=1S/C35H44N6O4/c1-35(2)44-31-26(21-36-17-15-30(42)37-18-14-24-8-6-5-7-9-24)20-29(32(31)45-35)41-19-16-28-33(38-23-39-34(28)41)40(3)22-25-10-12-27(43-4)13-11-25/h5-13,16,19,23,26,29,31-32,36H,14-15,17-18,20-22H2,1-4H3,(H,37,42)/t26-,29+,31+,32-/m0/s1. The third kappa shape index (κ3) is 7.13. The van der Waals surface area contributed by atoms with E-state index in [1.54, 1.807) is 13.4 Å². The molecule has 2 aromatic heterocycles. The van der Waals surface area contributed by atoms with Crippen molar-refractivity contribution in [1.82, 2.24) is 25.2 Å². The summed E-state index contributed by atoms with van der Waals surface area (Å²) in [6.07, 6.45) is 5.76. The highest BCUT2D eigenvalue weighted by Crippen LogP contribution is 2.47. The van der Waals surface area contributed by atoms with E-state index in [1.807, 2.05) is 44.2 Å². The number of hydrogen-bond donors (Lipinski definition) is 2. The lowest BCUT2D eigenvalue weighted by molar-refractivity contribution is -0.160. The molecule has 45 heavy (non-hydrogen) atoms. The fraction of sp³-hybridized carbons (Fsp3) is 0.457. The Hall–Kier alpha value is -3.99. The molecule has 4 aromatic rings. The Bertz CT molecular complexity index is 1570. The molecule has 1 aliphatic heterocycles. The van der Waals surface area contributed by atoms with Gasteiger partial charge in [-0.25, -0.2) is 9.97 Å². The number of hydrogen-bond acceptors (Lipinski definition) is 8. The van der Waals surface area contributed by atoms with Crippen LogP contribution in [0, 0.1) is 5.92 Å². The molecule has 3 heterocycles. The van der Waals surface area contributed by atoms with E-state index in [4.69, 9.17) is 19.2 Å². The SMILES string of the molecule is COc1ccc(CN(C)c2ncnc3c2ccn3[C@@H]2C[C@@H](CNCCC(=O)NCCc3ccccc3)[C@H]3OC(C)(C)O[C@H]32)cc1. The number of aromatic nitrogens is 3. The van der Waals surface area contributed by atoms with E-state index >= 15 is 0 Å². The maximum Gasteiger partial charge on any atom is 0.221 e. The van der Waals surface area contributed by atoms with E-state index in [0.717, 1.165) is 42.0 Å². The van der Waals surface area contributed by atoms with Crippen LogP contribution in [0.25, 0.3) is 11.0 Å². The zero-order chi connectivity index (χ0) is 31.4. The van der Waals surface area contributed by atoms with E-state index in [0.29, 0.717) is 26.1 Å². The largest absolute Gasteiger partial charge is 0.497 e. The van der Waals surface area contributed by atoms with E-state index in [-0.39, 0.29) is 30.1 Å². The molecule has 10 nitrogen and oxygen atoms in total. The highest BCUT2D eigenvalue weighted by Gasteiger charge is 2.54. The Balaban J connectivity index is 1.08. The number of carbonyl (C=O) groups excluding carboxylic acids is 1. The Morgan fingerprint density at radius 2 is 1.80 bits per heavy atom. The Kier molecular flexibility index (Phi) is 9.34. The fourth-order valence-electron chi connectivity index (χ4n) is 6.71. The highest BCUT2D eigenvalue weighted by molar-refractivity contribution is 5.88. The van der Waals surface area contributed by atoms with Gasteiger partial charge in [0.15, 0.2) is 5.79 Å². The number of methoxy groups -OCH3 is 1. The lowest BCUT2D eigenvalue weighted by Gasteiger charge is -2.25. The average molecular weight is 613 g/mol. The summed E-state index contributed by atoms with van der Waals surface area (Å²) in [5.41, 5.74) is 3.28. The quantitative estimate of drug-likeness (QED) is 0.213. The lowest BCUT2D eigenvalue weighted by Crippen LogP contribution is -2.35. The predicted molar refractivity (Wildman–Crippen MR) is 174 cm³/mol. The molecule has 2 N–H and O–H groups in total. The molecular weight excluding hydrogens is 568 g/mol. The van der Waals surface area contributed by atoms with Crippen LogP contribution in [0.4, 0.5) is 5.82 Å². The molecule has 6 rings (SSSR count). The Morgan fingerprint density at radius 3 is 2.58 bits per heavy atom. The molecule has 1 amide bonds. The third-order valence-corrected chi connectivity index (χ3v) is 8.85. The van der Waals surface area contributed by atoms with Gasteiger partial charge in [-0.3, -0.25) is 4.79 Å². The number of nitrogens with zero attached hydrogens (tertiary/aromatic N) is 4. The molecule has 2 aromatic carbocycles. The van der Waals surface area contributed by atoms with Crippen LogP contribution in [0.15, 0.2) is 73.2 Å². The van der Waals surface area contributed by atoms with Gasteiger partial charge < -0.3 is 34.3 Å². The van der Waals surface area contributed by atoms with Crippen molar-refractivity contribution >= 4 is 22.8 Å². The summed E-state index contributed by atoms with van der Waals surface area (Å²) in [7, 11) is 3.73. The van der Waals surface area contributed by atoms with Crippen LogP contribution < -0.4 is 20.3 Å². The van der Waals surface area contributed by atoms with E-state index in [2.05, 4.69) is 68.7 Å². The molecule has 10 heteroatoms. The van der Waals surface area contributed by atoms with Crippen LogP contribution in [-0.4, -0.2) is 72.2 Å². The minimum atomic E-state index is -0.660. The van der Waals surface area contributed by atoms with Gasteiger partial charge in [0.05, 0.1) is 24.6 Å². The topological polar surface area (TPSA) is 103 Å². The first-order valence-electron chi connectivity index (χ1n) is 15.8. The van der Waals surface area contributed by atoms with Gasteiger partial charge in [-0.2, -0.15) is 0 Å². The summed E-state index contributed by atoms with van der Waals surface area (Å²) in [4.78, 5) is 23.9. The fourth-order valence-corrected chi connectivity index (χ4v) is 6.71. The lowest BCUT2D eigenvalue weighted by atomic mass is 10.1. The molecular formula is C35H44N6O4. The van der Waals surface area contributed by atoms with Crippen LogP contribution in [0.1, 0.15) is 43.9 Å². The molecule has 0 bridgehead atoms. The van der Waals surface area contributed by atoms with Crippen molar-refractivity contribution < 1.29 is 19.0 Å². The Labute approximate surface area is 265 Å². The van der Waals surface area contributed by atoms with Crippen molar-refractivity contribution in [3.05, 3.63) is 84.3 Å². The van der Waals surface area contributed by atoms with Gasteiger partial charge in [0.2, 0.25) is 5.91 Å². The van der Waals surface area contributed by atoms with Crippen molar-refractivity contribution in [1.29, 1.82) is 0 Å². The molecule has 4 atom stereocenters. The molecule has 1 saturated heterocycles. The first kappa shape index (κ1) is 31.0. The van der Waals surface area contributed by atoms with Crippen molar-refractivity contribution in [2.75, 3.05) is 38.7 Å². The van der Waals surface area contributed by atoms with Gasteiger partial charge in [-0.15, -0.1) is 0 Å². The van der Waals surface area contributed by atoms with Gasteiger partial charge >= 0.3 is 0 Å². The molecule has 2 fully saturated rings. The number of benzene rings is 2. The van der Waals surface area contributed by atoms with Crippen LogP contribution in [-0.2, 0) is 27.2 Å². The summed E-state index contributed by atoms with van der Waals surface area (Å²) in [5.74, 6) is 1.36. The van der Waals surface area contributed by atoms with Gasteiger partial charge in [-0.05, 0) is 56.0 Å².